The van der Waals surface area contributed by atoms with Crippen molar-refractivity contribution in [1.29, 1.82) is 0 Å². The van der Waals surface area contributed by atoms with Gasteiger partial charge in [0.05, 0.1) is 16.8 Å². The number of carbonyl (C=O) groups is 1. The average molecular weight is 484 g/mol. The van der Waals surface area contributed by atoms with Crippen LogP contribution in [0.2, 0.25) is 0 Å². The molecule has 1 heterocycles. The minimum atomic E-state index is -3.87. The number of aromatic nitrogens is 2. The maximum atomic E-state index is 13.3. The molecule has 1 amide bonds. The molecule has 11 heteroatoms. The van der Waals surface area contributed by atoms with Gasteiger partial charge in [0.1, 0.15) is 18.2 Å². The molecular weight excluding hydrogens is 466 g/mol. The van der Waals surface area contributed by atoms with Crippen LogP contribution in [0, 0.1) is 11.6 Å². The van der Waals surface area contributed by atoms with Crippen molar-refractivity contribution >= 4 is 21.6 Å². The maximum Gasteiger partial charge on any atom is 0.280 e. The van der Waals surface area contributed by atoms with Crippen LogP contribution in [-0.2, 0) is 16.6 Å². The zero-order chi connectivity index (χ0) is 24.3. The molecule has 0 bridgehead atoms. The Bertz CT molecular complexity index is 1420. The van der Waals surface area contributed by atoms with Gasteiger partial charge in [0.2, 0.25) is 10.0 Å². The van der Waals surface area contributed by atoms with Gasteiger partial charge in [-0.25, -0.2) is 27.0 Å². The lowest BCUT2D eigenvalue weighted by Crippen LogP contribution is -2.15. The van der Waals surface area contributed by atoms with Crippen LogP contribution in [0.15, 0.2) is 83.9 Å². The number of anilines is 1. The van der Waals surface area contributed by atoms with Gasteiger partial charge in [0.25, 0.3) is 5.91 Å². The molecule has 4 aromatic rings. The summed E-state index contributed by atoms with van der Waals surface area (Å²) in [6, 6.07) is 16.4. The number of halogens is 2. The second-order valence-electron chi connectivity index (χ2n) is 7.20. The van der Waals surface area contributed by atoms with Crippen LogP contribution in [0.25, 0.3) is 5.69 Å². The van der Waals surface area contributed by atoms with E-state index in [1.54, 1.807) is 12.1 Å². The largest absolute Gasteiger partial charge is 0.485 e. The van der Waals surface area contributed by atoms with Crippen molar-refractivity contribution in [2.24, 2.45) is 5.14 Å². The van der Waals surface area contributed by atoms with E-state index >= 15 is 0 Å². The molecule has 3 aromatic carbocycles. The average Bonchev–Trinajstić information content (AvgIpc) is 3.23. The van der Waals surface area contributed by atoms with Crippen LogP contribution in [0.5, 0.6) is 5.75 Å². The first-order valence-corrected chi connectivity index (χ1v) is 11.4. The van der Waals surface area contributed by atoms with Gasteiger partial charge in [-0.3, -0.25) is 4.79 Å². The van der Waals surface area contributed by atoms with Gasteiger partial charge in [0, 0.05) is 5.69 Å². The number of hydrogen-bond donors (Lipinski definition) is 2. The molecular formula is C23H18F2N4O4S. The summed E-state index contributed by atoms with van der Waals surface area (Å²) in [5.74, 6) is -1.31. The molecule has 174 valence electrons. The molecule has 0 radical (unpaired) electrons. The number of ether oxygens (including phenoxy) is 1. The van der Waals surface area contributed by atoms with Gasteiger partial charge in [-0.05, 0) is 66.2 Å². The van der Waals surface area contributed by atoms with Crippen LogP contribution in [0.1, 0.15) is 16.1 Å². The molecule has 0 saturated carbocycles. The molecule has 8 nitrogen and oxygen atoms in total. The summed E-state index contributed by atoms with van der Waals surface area (Å²) in [5.41, 5.74) is 1.39. The van der Waals surface area contributed by atoms with E-state index in [1.807, 2.05) is 0 Å². The highest BCUT2D eigenvalue weighted by Crippen LogP contribution is 2.23. The third kappa shape index (κ3) is 5.45. The number of nitrogens with one attached hydrogen (secondary N) is 1. The lowest BCUT2D eigenvalue weighted by atomic mass is 10.2. The summed E-state index contributed by atoms with van der Waals surface area (Å²) in [6.07, 6.45) is 1.47. The van der Waals surface area contributed by atoms with Gasteiger partial charge >= 0.3 is 0 Å². The number of amides is 1. The van der Waals surface area contributed by atoms with Gasteiger partial charge in [-0.1, -0.05) is 12.1 Å². The van der Waals surface area contributed by atoms with E-state index in [9.17, 15) is 22.0 Å². The summed E-state index contributed by atoms with van der Waals surface area (Å²) in [7, 11) is -3.87. The Morgan fingerprint density at radius 2 is 1.53 bits per heavy atom. The molecule has 0 spiro atoms. The monoisotopic (exact) mass is 484 g/mol. The van der Waals surface area contributed by atoms with E-state index in [4.69, 9.17) is 9.88 Å². The number of sulfonamides is 1. The van der Waals surface area contributed by atoms with Crippen LogP contribution in [0.4, 0.5) is 14.5 Å². The van der Waals surface area contributed by atoms with Crippen LogP contribution in [0.3, 0.4) is 0 Å². The van der Waals surface area contributed by atoms with Crippen molar-refractivity contribution in [3.63, 3.8) is 0 Å². The van der Waals surface area contributed by atoms with Crippen molar-refractivity contribution in [3.8, 4) is 11.4 Å². The Kier molecular flexibility index (Phi) is 6.39. The molecule has 0 atom stereocenters. The van der Waals surface area contributed by atoms with E-state index in [0.717, 1.165) is 0 Å². The minimum Gasteiger partial charge on any atom is -0.485 e. The van der Waals surface area contributed by atoms with Gasteiger partial charge in [-0.15, -0.1) is 0 Å². The van der Waals surface area contributed by atoms with E-state index in [-0.39, 0.29) is 28.8 Å². The fourth-order valence-corrected chi connectivity index (χ4v) is 3.52. The normalized spacial score (nSPS) is 11.3. The number of carbonyl (C=O) groups excluding carboxylic acids is 1. The first kappa shape index (κ1) is 23.1. The lowest BCUT2D eigenvalue weighted by molar-refractivity contribution is 0.101. The zero-order valence-electron chi connectivity index (χ0n) is 17.5. The Balaban J connectivity index is 1.61. The van der Waals surface area contributed by atoms with Gasteiger partial charge in [-0.2, -0.15) is 5.10 Å². The highest BCUT2D eigenvalue weighted by molar-refractivity contribution is 7.89. The summed E-state index contributed by atoms with van der Waals surface area (Å²) in [6.45, 7) is 0.0404. The Hall–Kier alpha value is -4.09. The molecule has 0 aliphatic rings. The van der Waals surface area contributed by atoms with Crippen molar-refractivity contribution < 1.29 is 26.7 Å². The number of hydrogen-bond acceptors (Lipinski definition) is 5. The summed E-state index contributed by atoms with van der Waals surface area (Å²) in [5, 5.41) is 12.0. The van der Waals surface area contributed by atoms with E-state index in [1.165, 1.54) is 71.5 Å². The fourth-order valence-electron chi connectivity index (χ4n) is 3.01. The van der Waals surface area contributed by atoms with E-state index < -0.39 is 21.7 Å². The number of benzene rings is 3. The second-order valence-corrected chi connectivity index (χ2v) is 8.76. The quantitative estimate of drug-likeness (QED) is 0.416. The molecule has 1 aromatic heterocycles. The van der Waals surface area contributed by atoms with Crippen LogP contribution < -0.4 is 15.2 Å². The molecule has 0 aliphatic heterocycles. The highest BCUT2D eigenvalue weighted by atomic mass is 32.2. The third-order valence-electron chi connectivity index (χ3n) is 4.74. The lowest BCUT2D eigenvalue weighted by Gasteiger charge is -2.08. The van der Waals surface area contributed by atoms with Crippen molar-refractivity contribution in [3.05, 3.63) is 102 Å². The third-order valence-corrected chi connectivity index (χ3v) is 5.66. The molecule has 4 rings (SSSR count). The predicted molar refractivity (Wildman–Crippen MR) is 120 cm³/mol. The number of nitrogens with two attached hydrogens (primary N) is 1. The summed E-state index contributed by atoms with van der Waals surface area (Å²) in [4.78, 5) is 12.8. The zero-order valence-corrected chi connectivity index (χ0v) is 18.3. The predicted octanol–water partition coefficient (Wildman–Crippen LogP) is 3.63. The SMILES string of the molecule is NS(=O)(=O)c1ccc(NC(=O)c2nn(-c3ccc(F)cc3)cc2OCc2ccc(F)cc2)cc1. The molecule has 0 aliphatic carbocycles. The van der Waals surface area contributed by atoms with Crippen molar-refractivity contribution in [1.82, 2.24) is 9.78 Å². The van der Waals surface area contributed by atoms with E-state index in [2.05, 4.69) is 10.4 Å². The number of nitrogens with zero attached hydrogens (tertiary/aromatic N) is 2. The molecule has 0 unspecified atom stereocenters. The highest BCUT2D eigenvalue weighted by Gasteiger charge is 2.20. The van der Waals surface area contributed by atoms with Crippen molar-refractivity contribution in [2.45, 2.75) is 11.5 Å². The van der Waals surface area contributed by atoms with E-state index in [0.29, 0.717) is 16.9 Å². The first-order valence-electron chi connectivity index (χ1n) is 9.86. The maximum absolute atomic E-state index is 13.3. The topological polar surface area (TPSA) is 116 Å². The molecule has 0 saturated heterocycles. The second kappa shape index (κ2) is 9.41. The van der Waals surface area contributed by atoms with Gasteiger partial charge in [0.15, 0.2) is 11.4 Å². The molecule has 34 heavy (non-hydrogen) atoms. The standard InChI is InChI=1S/C23H18F2N4O4S/c24-16-3-1-15(2-4-16)14-33-21-13-29(19-9-5-17(25)6-10-19)28-22(21)23(30)27-18-7-11-20(12-8-18)34(26,31)32/h1-13H,14H2,(H,27,30)(H2,26,31,32). The minimum absolute atomic E-state index is 0.0404. The Morgan fingerprint density at radius 3 is 2.12 bits per heavy atom. The molecule has 0 fully saturated rings. The summed E-state index contributed by atoms with van der Waals surface area (Å²) < 4.78 is 56.4. The first-order chi connectivity index (χ1) is 16.2. The van der Waals surface area contributed by atoms with Crippen molar-refractivity contribution in [2.75, 3.05) is 5.32 Å². The fraction of sp³-hybridized carbons (Fsp3) is 0.0435. The Labute approximate surface area is 193 Å². The van der Waals surface area contributed by atoms with Crippen LogP contribution >= 0.6 is 0 Å². The summed E-state index contributed by atoms with van der Waals surface area (Å²) >= 11 is 0. The van der Waals surface area contributed by atoms with Crippen LogP contribution in [-0.4, -0.2) is 24.1 Å². The number of rotatable bonds is 7. The van der Waals surface area contributed by atoms with Gasteiger partial charge < -0.3 is 10.1 Å². The number of primary sulfonamides is 1. The molecule has 3 N–H and O–H groups in total. The Morgan fingerprint density at radius 1 is 0.941 bits per heavy atom. The smallest absolute Gasteiger partial charge is 0.280 e.